The van der Waals surface area contributed by atoms with Crippen LogP contribution in [-0.4, -0.2) is 31.9 Å². The molecule has 0 radical (unpaired) electrons. The van der Waals surface area contributed by atoms with E-state index >= 15 is 0 Å². The van der Waals surface area contributed by atoms with Crippen molar-refractivity contribution in [3.8, 4) is 0 Å². The SMILES string of the molecule is O=S(=O)(O)CCOCC1CCCCC1. The second-order valence-electron chi connectivity index (χ2n) is 3.86. The molecule has 14 heavy (non-hydrogen) atoms. The predicted octanol–water partition coefficient (Wildman–Crippen LogP) is 1.47. The summed E-state index contributed by atoms with van der Waals surface area (Å²) in [5, 5.41) is 0. The average molecular weight is 222 g/mol. The first kappa shape index (κ1) is 11.9. The van der Waals surface area contributed by atoms with Crippen LogP contribution in [0.4, 0.5) is 0 Å². The molecule has 1 aliphatic carbocycles. The Bertz CT molecular complexity index is 242. The molecule has 1 saturated carbocycles. The van der Waals surface area contributed by atoms with Gasteiger partial charge in [-0.15, -0.1) is 0 Å². The quantitative estimate of drug-likeness (QED) is 0.565. The second-order valence-corrected chi connectivity index (χ2v) is 5.44. The van der Waals surface area contributed by atoms with Crippen LogP contribution in [0.2, 0.25) is 0 Å². The van der Waals surface area contributed by atoms with E-state index in [1.807, 2.05) is 0 Å². The first-order valence-corrected chi connectivity index (χ1v) is 6.72. The standard InChI is InChI=1S/C9H18O4S/c10-14(11,12)7-6-13-8-9-4-2-1-3-5-9/h9H,1-8H2,(H,10,11,12). The Morgan fingerprint density at radius 1 is 1.21 bits per heavy atom. The Morgan fingerprint density at radius 3 is 2.43 bits per heavy atom. The first-order chi connectivity index (χ1) is 6.58. The minimum absolute atomic E-state index is 0.106. The van der Waals surface area contributed by atoms with Gasteiger partial charge in [-0.25, -0.2) is 0 Å². The third-order valence-corrected chi connectivity index (χ3v) is 3.25. The van der Waals surface area contributed by atoms with Crippen molar-refractivity contribution in [2.45, 2.75) is 32.1 Å². The van der Waals surface area contributed by atoms with E-state index < -0.39 is 10.1 Å². The van der Waals surface area contributed by atoms with Gasteiger partial charge in [-0.05, 0) is 18.8 Å². The molecule has 1 N–H and O–H groups in total. The van der Waals surface area contributed by atoms with E-state index in [1.54, 1.807) is 0 Å². The fraction of sp³-hybridized carbons (Fsp3) is 1.00. The van der Waals surface area contributed by atoms with E-state index in [4.69, 9.17) is 9.29 Å². The maximum atomic E-state index is 10.4. The molecule has 0 aromatic rings. The van der Waals surface area contributed by atoms with E-state index in [1.165, 1.54) is 32.1 Å². The largest absolute Gasteiger partial charge is 0.380 e. The van der Waals surface area contributed by atoms with Crippen molar-refractivity contribution in [3.63, 3.8) is 0 Å². The fourth-order valence-corrected chi connectivity index (χ4v) is 2.10. The molecule has 0 saturated heterocycles. The summed E-state index contributed by atoms with van der Waals surface area (Å²) in [5.41, 5.74) is 0. The molecule has 5 heteroatoms. The molecule has 84 valence electrons. The van der Waals surface area contributed by atoms with Crippen LogP contribution >= 0.6 is 0 Å². The summed E-state index contributed by atoms with van der Waals surface area (Å²) in [6.45, 7) is 0.741. The van der Waals surface area contributed by atoms with Crippen LogP contribution in [0.15, 0.2) is 0 Å². The summed E-state index contributed by atoms with van der Waals surface area (Å²) < 4.78 is 34.4. The van der Waals surface area contributed by atoms with Crippen LogP contribution in [0.1, 0.15) is 32.1 Å². The van der Waals surface area contributed by atoms with Crippen LogP contribution < -0.4 is 0 Å². The minimum Gasteiger partial charge on any atom is -0.380 e. The lowest BCUT2D eigenvalue weighted by atomic mass is 9.90. The number of rotatable bonds is 5. The highest BCUT2D eigenvalue weighted by Crippen LogP contribution is 2.23. The molecule has 0 heterocycles. The van der Waals surface area contributed by atoms with Crippen molar-refractivity contribution >= 4 is 10.1 Å². The zero-order valence-electron chi connectivity index (χ0n) is 8.31. The van der Waals surface area contributed by atoms with Crippen LogP contribution in [0.3, 0.4) is 0 Å². The number of hydrogen-bond acceptors (Lipinski definition) is 3. The predicted molar refractivity (Wildman–Crippen MR) is 53.8 cm³/mol. The highest BCUT2D eigenvalue weighted by Gasteiger charge is 2.13. The maximum absolute atomic E-state index is 10.4. The van der Waals surface area contributed by atoms with E-state index in [0.717, 1.165) is 0 Å². The zero-order valence-corrected chi connectivity index (χ0v) is 9.13. The molecule has 1 fully saturated rings. The van der Waals surface area contributed by atoms with Gasteiger partial charge in [-0.1, -0.05) is 19.3 Å². The Labute approximate surface area is 85.4 Å². The lowest BCUT2D eigenvalue weighted by molar-refractivity contribution is 0.0954. The number of ether oxygens (including phenoxy) is 1. The molecular formula is C9H18O4S. The van der Waals surface area contributed by atoms with Gasteiger partial charge < -0.3 is 4.74 Å². The van der Waals surface area contributed by atoms with E-state index in [9.17, 15) is 8.42 Å². The molecule has 4 nitrogen and oxygen atoms in total. The fourth-order valence-electron chi connectivity index (χ4n) is 1.77. The van der Waals surface area contributed by atoms with Gasteiger partial charge >= 0.3 is 0 Å². The van der Waals surface area contributed by atoms with Gasteiger partial charge in [0, 0.05) is 6.61 Å². The summed E-state index contributed by atoms with van der Waals surface area (Å²) in [5.74, 6) is 0.296. The Hall–Kier alpha value is -0.130. The van der Waals surface area contributed by atoms with Gasteiger partial charge in [0.2, 0.25) is 0 Å². The number of hydrogen-bond donors (Lipinski definition) is 1. The minimum atomic E-state index is -3.85. The average Bonchev–Trinajstić information content (AvgIpc) is 2.13. The maximum Gasteiger partial charge on any atom is 0.267 e. The van der Waals surface area contributed by atoms with E-state index in [2.05, 4.69) is 0 Å². The summed E-state index contributed by atoms with van der Waals surface area (Å²) in [6.07, 6.45) is 6.19. The van der Waals surface area contributed by atoms with E-state index in [-0.39, 0.29) is 12.4 Å². The lowest BCUT2D eigenvalue weighted by Gasteiger charge is -2.20. The third-order valence-electron chi connectivity index (χ3n) is 2.56. The molecular weight excluding hydrogens is 204 g/mol. The summed E-state index contributed by atoms with van der Waals surface area (Å²) in [7, 11) is -3.85. The van der Waals surface area contributed by atoms with Gasteiger partial charge in [-0.2, -0.15) is 8.42 Å². The van der Waals surface area contributed by atoms with Crippen molar-refractivity contribution in [1.29, 1.82) is 0 Å². The Morgan fingerprint density at radius 2 is 1.86 bits per heavy atom. The summed E-state index contributed by atoms with van der Waals surface area (Å²) in [6, 6.07) is 0. The van der Waals surface area contributed by atoms with Gasteiger partial charge in [0.05, 0.1) is 12.4 Å². The molecule has 0 spiro atoms. The Kier molecular flexibility index (Phi) is 4.84. The molecule has 1 rings (SSSR count). The third kappa shape index (κ3) is 5.57. The molecule has 0 unspecified atom stereocenters. The summed E-state index contributed by atoms with van der Waals surface area (Å²) in [4.78, 5) is 0. The van der Waals surface area contributed by atoms with Gasteiger partial charge in [0.15, 0.2) is 0 Å². The van der Waals surface area contributed by atoms with Crippen LogP contribution in [-0.2, 0) is 14.9 Å². The van der Waals surface area contributed by atoms with Crippen LogP contribution in [0, 0.1) is 5.92 Å². The Balaban J connectivity index is 2.03. The normalized spacial score (nSPS) is 19.8. The monoisotopic (exact) mass is 222 g/mol. The molecule has 0 aromatic heterocycles. The highest BCUT2D eigenvalue weighted by atomic mass is 32.2. The van der Waals surface area contributed by atoms with Gasteiger partial charge in [0.25, 0.3) is 10.1 Å². The topological polar surface area (TPSA) is 63.6 Å². The van der Waals surface area contributed by atoms with E-state index in [0.29, 0.717) is 12.5 Å². The van der Waals surface area contributed by atoms with Crippen LogP contribution in [0.25, 0.3) is 0 Å². The molecule has 0 aliphatic heterocycles. The van der Waals surface area contributed by atoms with Crippen LogP contribution in [0.5, 0.6) is 0 Å². The summed E-state index contributed by atoms with van der Waals surface area (Å²) >= 11 is 0. The van der Waals surface area contributed by atoms with Gasteiger partial charge in [0.1, 0.15) is 0 Å². The molecule has 0 atom stereocenters. The smallest absolute Gasteiger partial charge is 0.267 e. The molecule has 0 aromatic carbocycles. The highest BCUT2D eigenvalue weighted by molar-refractivity contribution is 7.85. The van der Waals surface area contributed by atoms with Crippen molar-refractivity contribution < 1.29 is 17.7 Å². The second kappa shape index (κ2) is 5.68. The van der Waals surface area contributed by atoms with Crippen molar-refractivity contribution in [3.05, 3.63) is 0 Å². The van der Waals surface area contributed by atoms with Crippen molar-refractivity contribution in [2.75, 3.05) is 19.0 Å². The molecule has 0 bridgehead atoms. The lowest BCUT2D eigenvalue weighted by Crippen LogP contribution is -2.17. The zero-order chi connectivity index (χ0) is 10.4. The van der Waals surface area contributed by atoms with Crippen molar-refractivity contribution in [1.82, 2.24) is 0 Å². The first-order valence-electron chi connectivity index (χ1n) is 5.11. The van der Waals surface area contributed by atoms with Crippen molar-refractivity contribution in [2.24, 2.45) is 5.92 Å². The van der Waals surface area contributed by atoms with Gasteiger partial charge in [-0.3, -0.25) is 4.55 Å². The molecule has 1 aliphatic rings. The molecule has 0 amide bonds.